The molecule has 1 heterocycles. The molecule has 3 nitrogen and oxygen atoms in total. The van der Waals surface area contributed by atoms with Gasteiger partial charge in [-0.1, -0.05) is 6.07 Å². The summed E-state index contributed by atoms with van der Waals surface area (Å²) in [5, 5.41) is 0. The van der Waals surface area contributed by atoms with Crippen LogP contribution in [-0.2, 0) is 0 Å². The fourth-order valence-corrected chi connectivity index (χ4v) is 2.43. The Hall–Kier alpha value is -1.42. The van der Waals surface area contributed by atoms with E-state index in [0.29, 0.717) is 18.0 Å². The number of carbonyl (C=O) groups excluding carboxylic acids is 1. The molecule has 18 heavy (non-hydrogen) atoms. The molecule has 98 valence electrons. The number of hydrogen-bond acceptors (Lipinski definition) is 2. The van der Waals surface area contributed by atoms with Crippen LogP contribution in [0.15, 0.2) is 24.3 Å². The van der Waals surface area contributed by atoms with Gasteiger partial charge in [0, 0.05) is 24.7 Å². The second kappa shape index (κ2) is 5.48. The van der Waals surface area contributed by atoms with Crippen LogP contribution in [0.2, 0.25) is 0 Å². The molecule has 4 heteroatoms. The normalized spacial score (nSPS) is 21.7. The van der Waals surface area contributed by atoms with Gasteiger partial charge in [-0.3, -0.25) is 4.79 Å². The van der Waals surface area contributed by atoms with E-state index in [4.69, 9.17) is 5.73 Å². The maximum absolute atomic E-state index is 13.1. The zero-order valence-corrected chi connectivity index (χ0v) is 10.6. The SMILES string of the molecule is CC(N)C1CCCN(C(=O)c2cccc(F)c2)C1. The van der Waals surface area contributed by atoms with Crippen LogP contribution in [-0.4, -0.2) is 29.9 Å². The lowest BCUT2D eigenvalue weighted by Crippen LogP contribution is -2.45. The lowest BCUT2D eigenvalue weighted by Gasteiger charge is -2.34. The highest BCUT2D eigenvalue weighted by Gasteiger charge is 2.26. The molecule has 0 spiro atoms. The summed E-state index contributed by atoms with van der Waals surface area (Å²) in [7, 11) is 0. The molecular formula is C14H19FN2O. The van der Waals surface area contributed by atoms with Gasteiger partial charge in [0.1, 0.15) is 5.82 Å². The van der Waals surface area contributed by atoms with Crippen molar-refractivity contribution in [3.8, 4) is 0 Å². The first-order valence-corrected chi connectivity index (χ1v) is 6.38. The van der Waals surface area contributed by atoms with E-state index in [1.807, 2.05) is 6.92 Å². The van der Waals surface area contributed by atoms with E-state index >= 15 is 0 Å². The van der Waals surface area contributed by atoms with Crippen molar-refractivity contribution in [3.63, 3.8) is 0 Å². The molecule has 1 amide bonds. The average molecular weight is 250 g/mol. The molecule has 2 N–H and O–H groups in total. The Kier molecular flexibility index (Phi) is 3.97. The van der Waals surface area contributed by atoms with Crippen molar-refractivity contribution in [2.24, 2.45) is 11.7 Å². The van der Waals surface area contributed by atoms with Crippen molar-refractivity contribution in [1.82, 2.24) is 4.90 Å². The van der Waals surface area contributed by atoms with Crippen molar-refractivity contribution in [1.29, 1.82) is 0 Å². The molecule has 1 aromatic carbocycles. The summed E-state index contributed by atoms with van der Waals surface area (Å²) in [6.45, 7) is 3.38. The average Bonchev–Trinajstić information content (AvgIpc) is 2.38. The largest absolute Gasteiger partial charge is 0.338 e. The Morgan fingerprint density at radius 2 is 2.33 bits per heavy atom. The number of carbonyl (C=O) groups is 1. The third-order valence-electron chi connectivity index (χ3n) is 3.56. The van der Waals surface area contributed by atoms with Gasteiger partial charge < -0.3 is 10.6 Å². The van der Waals surface area contributed by atoms with E-state index in [2.05, 4.69) is 0 Å². The lowest BCUT2D eigenvalue weighted by atomic mass is 9.92. The Labute approximate surface area is 107 Å². The summed E-state index contributed by atoms with van der Waals surface area (Å²) in [5.74, 6) is -0.127. The fraction of sp³-hybridized carbons (Fsp3) is 0.500. The lowest BCUT2D eigenvalue weighted by molar-refractivity contribution is 0.0660. The number of nitrogens with zero attached hydrogens (tertiary/aromatic N) is 1. The van der Waals surface area contributed by atoms with Crippen LogP contribution >= 0.6 is 0 Å². The Morgan fingerprint density at radius 1 is 1.56 bits per heavy atom. The van der Waals surface area contributed by atoms with Crippen molar-refractivity contribution >= 4 is 5.91 Å². The van der Waals surface area contributed by atoms with Crippen LogP contribution in [0, 0.1) is 11.7 Å². The molecule has 1 aliphatic rings. The van der Waals surface area contributed by atoms with E-state index in [1.54, 1.807) is 17.0 Å². The number of amides is 1. The molecule has 2 atom stereocenters. The quantitative estimate of drug-likeness (QED) is 0.873. The zero-order chi connectivity index (χ0) is 13.1. The van der Waals surface area contributed by atoms with Gasteiger partial charge in [0.15, 0.2) is 0 Å². The molecule has 0 bridgehead atoms. The Balaban J connectivity index is 2.09. The second-order valence-electron chi connectivity index (χ2n) is 5.02. The third-order valence-corrected chi connectivity index (χ3v) is 3.56. The van der Waals surface area contributed by atoms with E-state index in [1.165, 1.54) is 12.1 Å². The molecule has 1 aromatic rings. The van der Waals surface area contributed by atoms with Crippen LogP contribution in [0.3, 0.4) is 0 Å². The number of rotatable bonds is 2. The minimum absolute atomic E-state index is 0.0908. The molecule has 2 rings (SSSR count). The highest BCUT2D eigenvalue weighted by atomic mass is 19.1. The van der Waals surface area contributed by atoms with Gasteiger partial charge in [-0.2, -0.15) is 0 Å². The maximum atomic E-state index is 13.1. The zero-order valence-electron chi connectivity index (χ0n) is 10.6. The summed E-state index contributed by atoms with van der Waals surface area (Å²) in [5.41, 5.74) is 6.31. The third kappa shape index (κ3) is 2.88. The van der Waals surface area contributed by atoms with Gasteiger partial charge in [0.2, 0.25) is 0 Å². The number of piperidine rings is 1. The second-order valence-corrected chi connectivity index (χ2v) is 5.02. The first-order chi connectivity index (χ1) is 8.58. The molecule has 0 radical (unpaired) electrons. The number of hydrogen-bond donors (Lipinski definition) is 1. The van der Waals surface area contributed by atoms with E-state index in [9.17, 15) is 9.18 Å². The van der Waals surface area contributed by atoms with E-state index in [-0.39, 0.29) is 17.8 Å². The van der Waals surface area contributed by atoms with Crippen LogP contribution in [0.4, 0.5) is 4.39 Å². The van der Waals surface area contributed by atoms with Gasteiger partial charge >= 0.3 is 0 Å². The first-order valence-electron chi connectivity index (χ1n) is 6.38. The van der Waals surface area contributed by atoms with Crippen LogP contribution in [0.5, 0.6) is 0 Å². The highest BCUT2D eigenvalue weighted by molar-refractivity contribution is 5.94. The predicted molar refractivity (Wildman–Crippen MR) is 68.7 cm³/mol. The molecule has 0 aromatic heterocycles. The monoisotopic (exact) mass is 250 g/mol. The summed E-state index contributed by atoms with van der Waals surface area (Å²) in [6, 6.07) is 5.94. The molecule has 0 aliphatic carbocycles. The molecule has 1 saturated heterocycles. The van der Waals surface area contributed by atoms with Crippen molar-refractivity contribution in [2.45, 2.75) is 25.8 Å². The molecule has 1 fully saturated rings. The first kappa shape index (κ1) is 13.0. The van der Waals surface area contributed by atoms with Crippen molar-refractivity contribution in [3.05, 3.63) is 35.6 Å². The van der Waals surface area contributed by atoms with Crippen LogP contribution < -0.4 is 5.73 Å². The smallest absolute Gasteiger partial charge is 0.253 e. The number of halogens is 1. The van der Waals surface area contributed by atoms with Crippen molar-refractivity contribution < 1.29 is 9.18 Å². The predicted octanol–water partition coefficient (Wildman–Crippen LogP) is 2.03. The molecule has 0 saturated carbocycles. The maximum Gasteiger partial charge on any atom is 0.253 e. The van der Waals surface area contributed by atoms with Crippen LogP contribution in [0.1, 0.15) is 30.1 Å². The number of likely N-dealkylation sites (tertiary alicyclic amines) is 1. The van der Waals surface area contributed by atoms with Gasteiger partial charge in [0.05, 0.1) is 0 Å². The van der Waals surface area contributed by atoms with E-state index in [0.717, 1.165) is 19.4 Å². The summed E-state index contributed by atoms with van der Waals surface area (Å²) >= 11 is 0. The number of benzene rings is 1. The topological polar surface area (TPSA) is 46.3 Å². The summed E-state index contributed by atoms with van der Waals surface area (Å²) in [6.07, 6.45) is 2.03. The highest BCUT2D eigenvalue weighted by Crippen LogP contribution is 2.20. The van der Waals surface area contributed by atoms with Gasteiger partial charge in [0.25, 0.3) is 5.91 Å². The van der Waals surface area contributed by atoms with Crippen molar-refractivity contribution in [2.75, 3.05) is 13.1 Å². The Bertz CT molecular complexity index is 434. The molecule has 1 aliphatic heterocycles. The Morgan fingerprint density at radius 3 is 3.00 bits per heavy atom. The van der Waals surface area contributed by atoms with Gasteiger partial charge in [-0.05, 0) is 43.9 Å². The van der Waals surface area contributed by atoms with Gasteiger partial charge in [-0.25, -0.2) is 4.39 Å². The number of nitrogens with two attached hydrogens (primary N) is 1. The fourth-order valence-electron chi connectivity index (χ4n) is 2.43. The molecular weight excluding hydrogens is 231 g/mol. The van der Waals surface area contributed by atoms with Gasteiger partial charge in [-0.15, -0.1) is 0 Å². The minimum atomic E-state index is -0.374. The van der Waals surface area contributed by atoms with E-state index < -0.39 is 0 Å². The summed E-state index contributed by atoms with van der Waals surface area (Å²) in [4.78, 5) is 14.0. The summed E-state index contributed by atoms with van der Waals surface area (Å²) < 4.78 is 13.1. The molecule has 2 unspecified atom stereocenters. The minimum Gasteiger partial charge on any atom is -0.338 e. The van der Waals surface area contributed by atoms with Crippen LogP contribution in [0.25, 0.3) is 0 Å². The standard InChI is InChI=1S/C14H19FN2O/c1-10(16)12-5-3-7-17(9-12)14(18)11-4-2-6-13(15)8-11/h2,4,6,8,10,12H,3,5,7,9,16H2,1H3.